The van der Waals surface area contributed by atoms with Gasteiger partial charge in [-0.2, -0.15) is 0 Å². The molecule has 0 bridgehead atoms. The average Bonchev–Trinajstić information content (AvgIpc) is 2.23. The minimum Gasteiger partial charge on any atom is -0.468 e. The Hall–Kier alpha value is -1.49. The van der Waals surface area contributed by atoms with Gasteiger partial charge in [-0.3, -0.25) is 4.79 Å². The number of halogens is 2. The normalized spacial score (nSPS) is 12.2. The number of ether oxygens (including phenoxy) is 1. The topological polar surface area (TPSA) is 38.3 Å². The lowest BCUT2D eigenvalue weighted by Crippen LogP contribution is -2.34. The maximum absolute atomic E-state index is 12.8. The molecule has 88 valence electrons. The van der Waals surface area contributed by atoms with Crippen LogP contribution in [0.5, 0.6) is 0 Å². The molecule has 0 aliphatic rings. The van der Waals surface area contributed by atoms with E-state index in [2.05, 4.69) is 10.1 Å². The number of carbonyl (C=O) groups excluding carboxylic acids is 1. The molecular formula is C11H13F2NO2. The zero-order chi connectivity index (χ0) is 12.1. The Morgan fingerprint density at radius 2 is 1.94 bits per heavy atom. The third kappa shape index (κ3) is 3.58. The molecule has 0 aliphatic heterocycles. The molecule has 0 heterocycles. The lowest BCUT2D eigenvalue weighted by molar-refractivity contribution is -0.142. The van der Waals surface area contributed by atoms with Crippen molar-refractivity contribution in [3.05, 3.63) is 35.4 Å². The molecule has 16 heavy (non-hydrogen) atoms. The third-order valence-corrected chi connectivity index (χ3v) is 2.09. The van der Waals surface area contributed by atoms with Gasteiger partial charge in [-0.25, -0.2) is 8.78 Å². The summed E-state index contributed by atoms with van der Waals surface area (Å²) in [4.78, 5) is 11.0. The molecule has 0 aliphatic carbocycles. The summed E-state index contributed by atoms with van der Waals surface area (Å²) >= 11 is 0. The molecule has 0 spiro atoms. The van der Waals surface area contributed by atoms with Gasteiger partial charge in [0, 0.05) is 12.6 Å². The fraction of sp³-hybridized carbons (Fsp3) is 0.364. The Morgan fingerprint density at radius 3 is 2.44 bits per heavy atom. The van der Waals surface area contributed by atoms with Crippen LogP contribution in [-0.2, 0) is 16.1 Å². The maximum Gasteiger partial charge on any atom is 0.322 e. The summed E-state index contributed by atoms with van der Waals surface area (Å²) < 4.78 is 30.1. The van der Waals surface area contributed by atoms with Gasteiger partial charge in [-0.15, -0.1) is 0 Å². The largest absolute Gasteiger partial charge is 0.468 e. The van der Waals surface area contributed by atoms with Crippen molar-refractivity contribution in [2.75, 3.05) is 7.11 Å². The molecule has 0 saturated carbocycles. The Balaban J connectivity index is 2.57. The predicted octanol–water partition coefficient (Wildman–Crippen LogP) is 1.62. The first-order chi connectivity index (χ1) is 7.52. The van der Waals surface area contributed by atoms with Crippen LogP contribution in [0.1, 0.15) is 12.5 Å². The second-order valence-corrected chi connectivity index (χ2v) is 3.40. The van der Waals surface area contributed by atoms with Crippen LogP contribution < -0.4 is 5.32 Å². The molecule has 0 saturated heterocycles. The van der Waals surface area contributed by atoms with Crippen molar-refractivity contribution >= 4 is 5.97 Å². The number of carbonyl (C=O) groups is 1. The van der Waals surface area contributed by atoms with E-state index in [9.17, 15) is 13.6 Å². The van der Waals surface area contributed by atoms with Crippen LogP contribution in [0, 0.1) is 11.6 Å². The molecule has 1 aromatic rings. The van der Waals surface area contributed by atoms with Crippen LogP contribution in [0.3, 0.4) is 0 Å². The second-order valence-electron chi connectivity index (χ2n) is 3.40. The summed E-state index contributed by atoms with van der Waals surface area (Å²) in [6.45, 7) is 1.81. The molecule has 3 nitrogen and oxygen atoms in total. The molecule has 1 unspecified atom stereocenters. The number of hydrogen-bond donors (Lipinski definition) is 1. The van der Waals surface area contributed by atoms with Crippen LogP contribution >= 0.6 is 0 Å². The smallest absolute Gasteiger partial charge is 0.322 e. The van der Waals surface area contributed by atoms with Gasteiger partial charge in [0.1, 0.15) is 17.7 Å². The fourth-order valence-electron chi connectivity index (χ4n) is 1.24. The van der Waals surface area contributed by atoms with E-state index in [-0.39, 0.29) is 6.54 Å². The maximum atomic E-state index is 12.8. The summed E-state index contributed by atoms with van der Waals surface area (Å²) in [6, 6.07) is 2.70. The first-order valence-electron chi connectivity index (χ1n) is 4.79. The molecule has 0 aromatic heterocycles. The van der Waals surface area contributed by atoms with E-state index in [1.165, 1.54) is 19.2 Å². The quantitative estimate of drug-likeness (QED) is 0.797. The highest BCUT2D eigenvalue weighted by Crippen LogP contribution is 2.07. The van der Waals surface area contributed by atoms with E-state index in [1.54, 1.807) is 6.92 Å². The van der Waals surface area contributed by atoms with Crippen LogP contribution in [0.15, 0.2) is 18.2 Å². The van der Waals surface area contributed by atoms with Crippen LogP contribution in [-0.4, -0.2) is 19.1 Å². The van der Waals surface area contributed by atoms with Crippen molar-refractivity contribution in [3.8, 4) is 0 Å². The summed E-state index contributed by atoms with van der Waals surface area (Å²) in [7, 11) is 1.28. The Kier molecular flexibility index (Phi) is 4.37. The molecule has 0 radical (unpaired) electrons. The summed E-state index contributed by atoms with van der Waals surface area (Å²) in [6.07, 6.45) is 0. The van der Waals surface area contributed by atoms with Crippen molar-refractivity contribution in [3.63, 3.8) is 0 Å². The minimum absolute atomic E-state index is 0.199. The number of hydrogen-bond acceptors (Lipinski definition) is 3. The molecular weight excluding hydrogens is 216 g/mol. The van der Waals surface area contributed by atoms with Gasteiger partial charge >= 0.3 is 5.97 Å². The summed E-state index contributed by atoms with van der Waals surface area (Å²) in [5.74, 6) is -1.69. The van der Waals surface area contributed by atoms with E-state index in [1.807, 2.05) is 0 Å². The molecule has 1 N–H and O–H groups in total. The monoisotopic (exact) mass is 229 g/mol. The van der Waals surface area contributed by atoms with Gasteiger partial charge in [0.25, 0.3) is 0 Å². The first kappa shape index (κ1) is 12.6. The summed E-state index contributed by atoms with van der Waals surface area (Å²) in [5, 5.41) is 2.80. The molecule has 0 fully saturated rings. The van der Waals surface area contributed by atoms with Crippen molar-refractivity contribution < 1.29 is 18.3 Å². The fourth-order valence-corrected chi connectivity index (χ4v) is 1.24. The van der Waals surface area contributed by atoms with Gasteiger partial charge in [0.2, 0.25) is 0 Å². The van der Waals surface area contributed by atoms with Gasteiger partial charge in [0.15, 0.2) is 0 Å². The average molecular weight is 229 g/mol. The minimum atomic E-state index is -0.637. The number of nitrogens with one attached hydrogen (secondary N) is 1. The van der Waals surface area contributed by atoms with Crippen molar-refractivity contribution in [2.24, 2.45) is 0 Å². The van der Waals surface area contributed by atoms with E-state index in [4.69, 9.17) is 0 Å². The second kappa shape index (κ2) is 5.55. The van der Waals surface area contributed by atoms with Gasteiger partial charge in [0.05, 0.1) is 7.11 Å². The highest BCUT2D eigenvalue weighted by atomic mass is 19.1. The molecule has 1 rings (SSSR count). The molecule has 1 atom stereocenters. The number of esters is 1. The van der Waals surface area contributed by atoms with Crippen molar-refractivity contribution in [1.29, 1.82) is 0 Å². The molecule has 0 amide bonds. The SMILES string of the molecule is COC(=O)C(C)NCc1cc(F)cc(F)c1. The highest BCUT2D eigenvalue weighted by Gasteiger charge is 2.12. The Labute approximate surface area is 92.4 Å². The van der Waals surface area contributed by atoms with E-state index < -0.39 is 23.6 Å². The van der Waals surface area contributed by atoms with Crippen molar-refractivity contribution in [1.82, 2.24) is 5.32 Å². The molecule has 5 heteroatoms. The van der Waals surface area contributed by atoms with Crippen LogP contribution in [0.25, 0.3) is 0 Å². The zero-order valence-corrected chi connectivity index (χ0v) is 9.09. The Morgan fingerprint density at radius 1 is 1.38 bits per heavy atom. The van der Waals surface area contributed by atoms with E-state index in [0.717, 1.165) is 6.07 Å². The third-order valence-electron chi connectivity index (χ3n) is 2.09. The first-order valence-corrected chi connectivity index (χ1v) is 4.79. The predicted molar refractivity (Wildman–Crippen MR) is 54.7 cm³/mol. The van der Waals surface area contributed by atoms with E-state index >= 15 is 0 Å². The number of rotatable bonds is 4. The zero-order valence-electron chi connectivity index (χ0n) is 9.09. The van der Waals surface area contributed by atoms with Crippen LogP contribution in [0.4, 0.5) is 8.78 Å². The summed E-state index contributed by atoms with van der Waals surface area (Å²) in [5.41, 5.74) is 0.438. The highest BCUT2D eigenvalue weighted by molar-refractivity contribution is 5.75. The lowest BCUT2D eigenvalue weighted by atomic mass is 10.2. The van der Waals surface area contributed by atoms with Gasteiger partial charge < -0.3 is 10.1 Å². The Bertz CT molecular complexity index is 362. The number of methoxy groups -OCH3 is 1. The van der Waals surface area contributed by atoms with Crippen molar-refractivity contribution in [2.45, 2.75) is 19.5 Å². The van der Waals surface area contributed by atoms with E-state index in [0.29, 0.717) is 5.56 Å². The standard InChI is InChI=1S/C11H13F2NO2/c1-7(11(15)16-2)14-6-8-3-9(12)5-10(13)4-8/h3-5,7,14H,6H2,1-2H3. The molecule has 1 aromatic carbocycles. The number of benzene rings is 1. The van der Waals surface area contributed by atoms with Gasteiger partial charge in [-0.05, 0) is 24.6 Å². The lowest BCUT2D eigenvalue weighted by Gasteiger charge is -2.11. The van der Waals surface area contributed by atoms with Crippen LogP contribution in [0.2, 0.25) is 0 Å². The van der Waals surface area contributed by atoms with Gasteiger partial charge in [-0.1, -0.05) is 0 Å².